The van der Waals surface area contributed by atoms with Gasteiger partial charge in [-0.05, 0) is 126 Å². The topological polar surface area (TPSA) is 41.9 Å². The number of fused-ring (bicyclic) bond motifs is 1. The van der Waals surface area contributed by atoms with Gasteiger partial charge in [-0.15, -0.1) is 0 Å². The molecule has 0 fully saturated rings. The van der Waals surface area contributed by atoms with Crippen molar-refractivity contribution >= 4 is 28.1 Å². The summed E-state index contributed by atoms with van der Waals surface area (Å²) < 4.78 is 0. The summed E-state index contributed by atoms with van der Waals surface area (Å²) in [5, 5.41) is 2.30. The van der Waals surface area contributed by atoms with Crippen molar-refractivity contribution in [2.45, 2.75) is 47.5 Å². The Hall–Kier alpha value is -7.95. The molecule has 10 aromatic rings. The van der Waals surface area contributed by atoms with Gasteiger partial charge in [0, 0.05) is 28.3 Å². The number of hydrogen-bond acceptors (Lipinski definition) is 4. The lowest BCUT2D eigenvalue weighted by atomic mass is 9.77. The third kappa shape index (κ3) is 8.19. The molecule has 66 heavy (non-hydrogen) atoms. The number of aryl methyl sites for hydroxylation is 6. The standard InChI is InChI=1S/C62H52N4/c1-40-36-42(3)56(43(4)37-40)59(57-44(5)38-41(2)39-45(57)6)50-30-33-53(34-31-50)66(55-35-32-48-20-16-17-25-54(48)58(55)49-21-12-8-13-22-49)62-64-60(51-23-14-9-15-24-51)63-61(65-62)52-28-26-47(27-29-52)46-18-10-7-11-19-46/h7-39,59H,1-6H3. The predicted molar refractivity (Wildman–Crippen MR) is 276 cm³/mol. The Bertz CT molecular complexity index is 3240. The Morgan fingerprint density at radius 2 is 0.818 bits per heavy atom. The van der Waals surface area contributed by atoms with E-state index in [1.54, 1.807) is 0 Å². The molecular weight excluding hydrogens is 801 g/mol. The highest BCUT2D eigenvalue weighted by Crippen LogP contribution is 2.46. The van der Waals surface area contributed by atoms with Crippen LogP contribution in [0.3, 0.4) is 0 Å². The lowest BCUT2D eigenvalue weighted by Crippen LogP contribution is -2.17. The van der Waals surface area contributed by atoms with E-state index in [0.717, 1.165) is 55.5 Å². The second-order valence-electron chi connectivity index (χ2n) is 17.6. The first-order valence-corrected chi connectivity index (χ1v) is 22.8. The summed E-state index contributed by atoms with van der Waals surface area (Å²) in [6, 6.07) is 71.4. The van der Waals surface area contributed by atoms with Gasteiger partial charge >= 0.3 is 0 Å². The molecule has 0 saturated heterocycles. The summed E-state index contributed by atoms with van der Waals surface area (Å²) in [6.07, 6.45) is 0. The molecule has 0 bridgehead atoms. The summed E-state index contributed by atoms with van der Waals surface area (Å²) in [4.78, 5) is 18.2. The summed E-state index contributed by atoms with van der Waals surface area (Å²) in [7, 11) is 0. The average Bonchev–Trinajstić information content (AvgIpc) is 3.34. The van der Waals surface area contributed by atoms with E-state index in [0.29, 0.717) is 17.6 Å². The molecule has 0 atom stereocenters. The van der Waals surface area contributed by atoms with Crippen molar-refractivity contribution in [3.05, 3.63) is 250 Å². The van der Waals surface area contributed by atoms with Crippen LogP contribution in [0.4, 0.5) is 17.3 Å². The van der Waals surface area contributed by atoms with E-state index in [4.69, 9.17) is 15.0 Å². The first kappa shape index (κ1) is 42.0. The minimum Gasteiger partial charge on any atom is -0.278 e. The lowest BCUT2D eigenvalue weighted by molar-refractivity contribution is 0.919. The zero-order valence-corrected chi connectivity index (χ0v) is 38.4. The van der Waals surface area contributed by atoms with E-state index in [2.05, 4.69) is 222 Å². The molecule has 0 radical (unpaired) electrons. The van der Waals surface area contributed by atoms with Crippen LogP contribution >= 0.6 is 0 Å². The number of nitrogens with zero attached hydrogens (tertiary/aromatic N) is 4. The van der Waals surface area contributed by atoms with Crippen molar-refractivity contribution < 1.29 is 0 Å². The molecule has 0 aliphatic carbocycles. The van der Waals surface area contributed by atoms with Crippen LogP contribution in [0.15, 0.2) is 200 Å². The molecule has 4 nitrogen and oxygen atoms in total. The van der Waals surface area contributed by atoms with Gasteiger partial charge in [-0.2, -0.15) is 9.97 Å². The third-order valence-corrected chi connectivity index (χ3v) is 12.9. The van der Waals surface area contributed by atoms with Crippen LogP contribution < -0.4 is 4.90 Å². The van der Waals surface area contributed by atoms with Crippen LogP contribution in [0.5, 0.6) is 0 Å². The minimum absolute atomic E-state index is 0.0292. The molecule has 0 saturated carbocycles. The summed E-state index contributed by atoms with van der Waals surface area (Å²) in [6.45, 7) is 13.4. The molecule has 1 heterocycles. The highest BCUT2D eigenvalue weighted by atomic mass is 15.3. The van der Waals surface area contributed by atoms with Crippen molar-refractivity contribution in [1.82, 2.24) is 15.0 Å². The summed E-state index contributed by atoms with van der Waals surface area (Å²) >= 11 is 0. The molecule has 0 aliphatic rings. The normalized spacial score (nSPS) is 11.3. The Labute approximate surface area is 389 Å². The van der Waals surface area contributed by atoms with Gasteiger partial charge in [-0.25, -0.2) is 4.98 Å². The molecule has 0 spiro atoms. The maximum atomic E-state index is 5.42. The molecule has 0 aliphatic heterocycles. The van der Waals surface area contributed by atoms with Crippen LogP contribution in [0.25, 0.3) is 55.8 Å². The maximum absolute atomic E-state index is 5.42. The van der Waals surface area contributed by atoms with Crippen molar-refractivity contribution in [1.29, 1.82) is 0 Å². The van der Waals surface area contributed by atoms with Crippen molar-refractivity contribution in [2.24, 2.45) is 0 Å². The second-order valence-corrected chi connectivity index (χ2v) is 17.6. The molecule has 10 rings (SSSR count). The molecular formula is C62H52N4. The van der Waals surface area contributed by atoms with Crippen LogP contribution in [-0.4, -0.2) is 15.0 Å². The Kier molecular flexibility index (Phi) is 11.4. The van der Waals surface area contributed by atoms with Gasteiger partial charge in [0.15, 0.2) is 11.6 Å². The molecule has 0 unspecified atom stereocenters. The lowest BCUT2D eigenvalue weighted by Gasteiger charge is -2.29. The molecule has 0 amide bonds. The van der Waals surface area contributed by atoms with Crippen LogP contribution in [0, 0.1) is 41.5 Å². The van der Waals surface area contributed by atoms with Gasteiger partial charge in [-0.1, -0.05) is 193 Å². The van der Waals surface area contributed by atoms with Gasteiger partial charge in [-0.3, -0.25) is 4.90 Å². The summed E-state index contributed by atoms with van der Waals surface area (Å²) in [5.41, 5.74) is 19.9. The van der Waals surface area contributed by atoms with Gasteiger partial charge < -0.3 is 0 Å². The van der Waals surface area contributed by atoms with Crippen LogP contribution in [0.2, 0.25) is 0 Å². The van der Waals surface area contributed by atoms with E-state index < -0.39 is 0 Å². The molecule has 1 aromatic heterocycles. The van der Waals surface area contributed by atoms with E-state index in [-0.39, 0.29) is 5.92 Å². The van der Waals surface area contributed by atoms with Crippen LogP contribution in [-0.2, 0) is 0 Å². The SMILES string of the molecule is Cc1cc(C)c(C(c2ccc(N(c3nc(-c4ccccc4)nc(-c4ccc(-c5ccccc5)cc4)n3)c3ccc4ccccc4c3-c3ccccc3)cc2)c2c(C)cc(C)cc2C)c(C)c1. The predicted octanol–water partition coefficient (Wildman–Crippen LogP) is 16.2. The fraction of sp³-hybridized carbons (Fsp3) is 0.113. The minimum atomic E-state index is 0.0292. The Balaban J connectivity index is 1.21. The molecule has 4 heteroatoms. The first-order chi connectivity index (χ1) is 32.2. The van der Waals surface area contributed by atoms with Gasteiger partial charge in [0.2, 0.25) is 5.95 Å². The van der Waals surface area contributed by atoms with Gasteiger partial charge in [0.05, 0.1) is 5.69 Å². The zero-order valence-electron chi connectivity index (χ0n) is 38.4. The number of hydrogen-bond donors (Lipinski definition) is 0. The molecule has 9 aromatic carbocycles. The van der Waals surface area contributed by atoms with Gasteiger partial charge in [0.25, 0.3) is 0 Å². The largest absolute Gasteiger partial charge is 0.278 e. The van der Waals surface area contributed by atoms with Crippen molar-refractivity contribution in [3.8, 4) is 45.0 Å². The Morgan fingerprint density at radius 3 is 1.36 bits per heavy atom. The van der Waals surface area contributed by atoms with Gasteiger partial charge in [0.1, 0.15) is 0 Å². The maximum Gasteiger partial charge on any atom is 0.238 e. The van der Waals surface area contributed by atoms with E-state index in [9.17, 15) is 0 Å². The van der Waals surface area contributed by atoms with E-state index in [1.807, 2.05) is 24.3 Å². The molecule has 320 valence electrons. The summed E-state index contributed by atoms with van der Waals surface area (Å²) in [5.74, 6) is 1.75. The van der Waals surface area contributed by atoms with Crippen molar-refractivity contribution in [2.75, 3.05) is 4.90 Å². The fourth-order valence-corrected chi connectivity index (χ4v) is 10.1. The fourth-order valence-electron chi connectivity index (χ4n) is 10.1. The zero-order chi connectivity index (χ0) is 45.3. The molecule has 0 N–H and O–H groups in total. The quantitative estimate of drug-likeness (QED) is 0.129. The number of aromatic nitrogens is 3. The Morgan fingerprint density at radius 1 is 0.379 bits per heavy atom. The smallest absolute Gasteiger partial charge is 0.238 e. The first-order valence-electron chi connectivity index (χ1n) is 22.8. The number of rotatable bonds is 10. The number of benzene rings is 9. The number of anilines is 3. The average molecular weight is 853 g/mol. The van der Waals surface area contributed by atoms with Crippen LogP contribution in [0.1, 0.15) is 56.0 Å². The highest BCUT2D eigenvalue weighted by Gasteiger charge is 2.27. The van der Waals surface area contributed by atoms with Crippen molar-refractivity contribution in [3.63, 3.8) is 0 Å². The monoisotopic (exact) mass is 852 g/mol. The van der Waals surface area contributed by atoms with E-state index in [1.165, 1.54) is 50.1 Å². The third-order valence-electron chi connectivity index (χ3n) is 12.9. The van der Waals surface area contributed by atoms with E-state index >= 15 is 0 Å². The highest BCUT2D eigenvalue weighted by molar-refractivity contribution is 6.05. The second kappa shape index (κ2) is 17.9.